The molecule has 3 N–H and O–H groups in total. The molecule has 4 nitrogen and oxygen atoms in total. The molecule has 3 heterocycles. The number of hydrogen-bond acceptors (Lipinski definition) is 4. The maximum absolute atomic E-state index is 3.45. The van der Waals surface area contributed by atoms with E-state index in [0.717, 1.165) is 0 Å². The van der Waals surface area contributed by atoms with Crippen molar-refractivity contribution in [3.05, 3.63) is 0 Å². The molecular weight excluding hydrogens is 247 g/mol. The second-order valence-electron chi connectivity index (χ2n) is 3.16. The minimum absolute atomic E-state index is 1.15. The number of hydrogen-bond donors (Lipinski definition) is 3. The molecule has 3 fully saturated rings. The van der Waals surface area contributed by atoms with Gasteiger partial charge in [0.25, 0.3) is 0 Å². The number of hydrazine groups is 3. The topological polar surface area (TPSA) is 39.3 Å². The molecule has 0 atom stereocenters. The van der Waals surface area contributed by atoms with Gasteiger partial charge in [0.2, 0.25) is 0 Å². The van der Waals surface area contributed by atoms with Crippen molar-refractivity contribution in [3.8, 4) is 0 Å². The number of nitrogens with one attached hydrogen (secondary N) is 3. The summed E-state index contributed by atoms with van der Waals surface area (Å²) in [5.74, 6) is 0. The van der Waals surface area contributed by atoms with Crippen molar-refractivity contribution in [2.45, 2.75) is 21.7 Å². The Bertz CT molecular complexity index is 96.0. The van der Waals surface area contributed by atoms with E-state index < -0.39 is 20.0 Å². The molecule has 0 aliphatic carbocycles. The molecule has 5 heteroatoms. The third kappa shape index (κ3) is 2.29. The first-order valence-electron chi connectivity index (χ1n) is 4.31. The van der Waals surface area contributed by atoms with Crippen molar-refractivity contribution in [1.29, 1.82) is 0 Å². The SMILES string of the molecule is C1CN2CC[CH2][Sn]([CH2]1)[NH]NN2. The van der Waals surface area contributed by atoms with E-state index in [2.05, 4.69) is 19.7 Å². The van der Waals surface area contributed by atoms with Gasteiger partial charge in [0, 0.05) is 0 Å². The van der Waals surface area contributed by atoms with Gasteiger partial charge in [0.05, 0.1) is 0 Å². The van der Waals surface area contributed by atoms with Crippen molar-refractivity contribution < 1.29 is 0 Å². The van der Waals surface area contributed by atoms with Crippen LogP contribution in [0.3, 0.4) is 0 Å². The standard InChI is InChI=1S/C6H15N4.Sn/c1-3-5-10(6-4-2)9-8-7;/h7-9H,1-6H2;/q-1;+1. The summed E-state index contributed by atoms with van der Waals surface area (Å²) >= 11 is -1.15. The zero-order valence-corrected chi connectivity index (χ0v) is 9.54. The van der Waals surface area contributed by atoms with E-state index in [9.17, 15) is 0 Å². The first kappa shape index (κ1) is 8.25. The maximum atomic E-state index is 3.45. The first-order chi connectivity index (χ1) is 5.45. The summed E-state index contributed by atoms with van der Waals surface area (Å²) in [5.41, 5.74) is 6.28. The molecule has 3 aliphatic rings. The van der Waals surface area contributed by atoms with E-state index in [1.807, 2.05) is 0 Å². The molecule has 2 bridgehead atoms. The van der Waals surface area contributed by atoms with Gasteiger partial charge in [-0.25, -0.2) is 0 Å². The number of nitrogens with zero attached hydrogens (tertiary/aromatic N) is 1. The quantitative estimate of drug-likeness (QED) is 0.519. The molecule has 0 unspecified atom stereocenters. The number of rotatable bonds is 0. The molecule has 0 aromatic carbocycles. The molecule has 0 spiro atoms. The molecule has 0 aromatic heterocycles. The molecule has 3 rings (SSSR count). The van der Waals surface area contributed by atoms with E-state index in [4.69, 9.17) is 0 Å². The monoisotopic (exact) mass is 263 g/mol. The van der Waals surface area contributed by atoms with Gasteiger partial charge in [0.15, 0.2) is 0 Å². The predicted molar refractivity (Wildman–Crippen MR) is 45.6 cm³/mol. The van der Waals surface area contributed by atoms with Gasteiger partial charge in [-0.2, -0.15) is 0 Å². The van der Waals surface area contributed by atoms with Gasteiger partial charge in [-0.15, -0.1) is 0 Å². The van der Waals surface area contributed by atoms with Crippen LogP contribution in [0.1, 0.15) is 12.8 Å². The van der Waals surface area contributed by atoms with Crippen LogP contribution >= 0.6 is 0 Å². The second-order valence-corrected chi connectivity index (χ2v) is 10.2. The molecule has 1 radical (unpaired) electrons. The van der Waals surface area contributed by atoms with Crippen molar-refractivity contribution in [2.75, 3.05) is 13.1 Å². The van der Waals surface area contributed by atoms with Crippen LogP contribution in [-0.4, -0.2) is 38.1 Å². The van der Waals surface area contributed by atoms with Gasteiger partial charge in [-0.1, -0.05) is 0 Å². The summed E-state index contributed by atoms with van der Waals surface area (Å²) in [6.07, 6.45) is 2.77. The van der Waals surface area contributed by atoms with Crippen molar-refractivity contribution in [1.82, 2.24) is 19.7 Å². The van der Waals surface area contributed by atoms with Crippen LogP contribution in [-0.2, 0) is 0 Å². The fourth-order valence-electron chi connectivity index (χ4n) is 1.64. The summed E-state index contributed by atoms with van der Waals surface area (Å²) in [6, 6.07) is 0. The Hall–Kier alpha value is 0.639. The van der Waals surface area contributed by atoms with Gasteiger partial charge >= 0.3 is 74.6 Å². The van der Waals surface area contributed by atoms with Crippen molar-refractivity contribution in [3.63, 3.8) is 0 Å². The van der Waals surface area contributed by atoms with Crippen LogP contribution in [0, 0.1) is 0 Å². The molecular formula is C6H15N4Sn. The van der Waals surface area contributed by atoms with E-state index in [-0.39, 0.29) is 0 Å². The number of fused-ring (bicyclic) bond motifs is 6. The average Bonchev–Trinajstić information content (AvgIpc) is 1.80. The van der Waals surface area contributed by atoms with Crippen LogP contribution < -0.4 is 14.7 Å². The van der Waals surface area contributed by atoms with E-state index in [1.54, 1.807) is 0 Å². The summed E-state index contributed by atoms with van der Waals surface area (Å²) in [7, 11) is 0. The Labute approximate surface area is 74.7 Å². The average molecular weight is 262 g/mol. The third-order valence-corrected chi connectivity index (χ3v) is 9.10. The van der Waals surface area contributed by atoms with Gasteiger partial charge in [-0.3, -0.25) is 0 Å². The summed E-state index contributed by atoms with van der Waals surface area (Å²) in [6.45, 7) is 2.44. The van der Waals surface area contributed by atoms with E-state index in [1.165, 1.54) is 34.8 Å². The Morgan fingerprint density at radius 1 is 1.09 bits per heavy atom. The fourth-order valence-corrected chi connectivity index (χ4v) is 7.07. The van der Waals surface area contributed by atoms with E-state index in [0.29, 0.717) is 0 Å². The Balaban J connectivity index is 1.96. The summed E-state index contributed by atoms with van der Waals surface area (Å²) < 4.78 is 6.43. The van der Waals surface area contributed by atoms with Crippen LogP contribution in [0.15, 0.2) is 0 Å². The normalized spacial score (nSPS) is 29.5. The van der Waals surface area contributed by atoms with Crippen molar-refractivity contribution in [2.24, 2.45) is 0 Å². The minimum atomic E-state index is -1.15. The van der Waals surface area contributed by atoms with E-state index >= 15 is 0 Å². The summed E-state index contributed by atoms with van der Waals surface area (Å²) in [4.78, 5) is 0. The first-order valence-corrected chi connectivity index (χ1v) is 9.78. The van der Waals surface area contributed by atoms with Crippen LogP contribution in [0.25, 0.3) is 0 Å². The molecule has 3 saturated heterocycles. The Kier molecular flexibility index (Phi) is 3.03. The molecule has 0 saturated carbocycles. The van der Waals surface area contributed by atoms with Gasteiger partial charge < -0.3 is 0 Å². The van der Waals surface area contributed by atoms with Gasteiger partial charge in [0.1, 0.15) is 0 Å². The zero-order chi connectivity index (χ0) is 7.52. The van der Waals surface area contributed by atoms with Crippen LogP contribution in [0.2, 0.25) is 8.87 Å². The molecule has 0 aromatic rings. The molecule has 3 aliphatic heterocycles. The van der Waals surface area contributed by atoms with Crippen LogP contribution in [0.5, 0.6) is 0 Å². The fraction of sp³-hybridized carbons (Fsp3) is 1.00. The zero-order valence-electron chi connectivity index (χ0n) is 6.69. The predicted octanol–water partition coefficient (Wildman–Crippen LogP) is -0.399. The Morgan fingerprint density at radius 3 is 2.55 bits per heavy atom. The molecule has 0 amide bonds. The van der Waals surface area contributed by atoms with Gasteiger partial charge in [-0.05, 0) is 0 Å². The third-order valence-electron chi connectivity index (χ3n) is 2.27. The second kappa shape index (κ2) is 4.04. The van der Waals surface area contributed by atoms with Crippen LogP contribution in [0.4, 0.5) is 0 Å². The Morgan fingerprint density at radius 2 is 1.82 bits per heavy atom. The molecule has 63 valence electrons. The van der Waals surface area contributed by atoms with Crippen molar-refractivity contribution >= 4 is 20.0 Å². The summed E-state index contributed by atoms with van der Waals surface area (Å²) in [5, 5.41) is 2.27. The molecule has 11 heavy (non-hydrogen) atoms.